The highest BCUT2D eigenvalue weighted by molar-refractivity contribution is 7.89. The number of amides is 1. The molecule has 0 aliphatic carbocycles. The third kappa shape index (κ3) is 6.53. The Kier molecular flexibility index (Phi) is 7.57. The van der Waals surface area contributed by atoms with Gasteiger partial charge in [-0.2, -0.15) is 17.5 Å². The molecule has 0 bridgehead atoms. The first-order valence-corrected chi connectivity index (χ1v) is 12.1. The van der Waals surface area contributed by atoms with E-state index in [1.165, 1.54) is 27.8 Å². The molecule has 1 aromatic carbocycles. The SMILES string of the molecule is Cc1nc(/C=C/C(=O)Nc2cc(S(=O)(=O)N3CCCCC3)ccc2OCC(F)(F)F)cs1. The number of rotatable bonds is 7. The molecule has 32 heavy (non-hydrogen) atoms. The highest BCUT2D eigenvalue weighted by atomic mass is 32.2. The molecule has 1 fully saturated rings. The lowest BCUT2D eigenvalue weighted by Gasteiger charge is -2.26. The minimum absolute atomic E-state index is 0.131. The average Bonchev–Trinajstić information content (AvgIpc) is 3.16. The van der Waals surface area contributed by atoms with Gasteiger partial charge in [0.05, 0.1) is 21.3 Å². The van der Waals surface area contributed by atoms with Crippen molar-refractivity contribution in [3.05, 3.63) is 40.4 Å². The Labute approximate surface area is 188 Å². The number of hydrogen-bond donors (Lipinski definition) is 1. The fourth-order valence-electron chi connectivity index (χ4n) is 3.10. The fourth-order valence-corrected chi connectivity index (χ4v) is 5.22. The van der Waals surface area contributed by atoms with Gasteiger partial charge >= 0.3 is 6.18 Å². The zero-order valence-corrected chi connectivity index (χ0v) is 18.8. The Hall–Kier alpha value is -2.44. The van der Waals surface area contributed by atoms with E-state index < -0.39 is 28.7 Å². The summed E-state index contributed by atoms with van der Waals surface area (Å²) in [7, 11) is -3.86. The number of carbonyl (C=O) groups is 1. The summed E-state index contributed by atoms with van der Waals surface area (Å²) in [5.74, 6) is -0.953. The van der Waals surface area contributed by atoms with E-state index in [0.29, 0.717) is 18.8 Å². The van der Waals surface area contributed by atoms with E-state index in [0.717, 1.165) is 42.5 Å². The van der Waals surface area contributed by atoms with Crippen molar-refractivity contribution in [3.63, 3.8) is 0 Å². The van der Waals surface area contributed by atoms with Gasteiger partial charge in [0.15, 0.2) is 6.61 Å². The predicted octanol–water partition coefficient (Wildman–Crippen LogP) is 4.22. The third-order valence-corrected chi connectivity index (χ3v) is 7.28. The van der Waals surface area contributed by atoms with Crippen LogP contribution in [0.1, 0.15) is 30.0 Å². The maximum absolute atomic E-state index is 12.9. The van der Waals surface area contributed by atoms with Crippen molar-refractivity contribution < 1.29 is 31.1 Å². The van der Waals surface area contributed by atoms with Crippen LogP contribution in [0.3, 0.4) is 0 Å². The molecule has 0 spiro atoms. The first-order valence-electron chi connectivity index (χ1n) is 9.79. The van der Waals surface area contributed by atoms with Crippen LogP contribution in [0.4, 0.5) is 18.9 Å². The molecule has 1 amide bonds. The number of carbonyl (C=O) groups excluding carboxylic acids is 1. The molecule has 1 saturated heterocycles. The molecule has 1 aliphatic rings. The van der Waals surface area contributed by atoms with Gasteiger partial charge in [0.1, 0.15) is 5.75 Å². The van der Waals surface area contributed by atoms with Crippen LogP contribution in [0, 0.1) is 6.92 Å². The minimum atomic E-state index is -4.60. The van der Waals surface area contributed by atoms with Crippen LogP contribution in [0.15, 0.2) is 34.6 Å². The van der Waals surface area contributed by atoms with Gasteiger partial charge in [0.2, 0.25) is 15.9 Å². The van der Waals surface area contributed by atoms with E-state index in [4.69, 9.17) is 4.74 Å². The topological polar surface area (TPSA) is 88.6 Å². The molecule has 0 unspecified atom stereocenters. The summed E-state index contributed by atoms with van der Waals surface area (Å²) in [5, 5.41) is 4.96. The van der Waals surface area contributed by atoms with Crippen LogP contribution in [-0.4, -0.2) is 49.5 Å². The summed E-state index contributed by atoms with van der Waals surface area (Å²) < 4.78 is 69.9. The van der Waals surface area contributed by atoms with Crippen molar-refractivity contribution >= 4 is 39.0 Å². The van der Waals surface area contributed by atoms with Gasteiger partial charge in [-0.1, -0.05) is 6.42 Å². The Morgan fingerprint density at radius 1 is 1.28 bits per heavy atom. The number of thiazole rings is 1. The second-order valence-corrected chi connectivity index (χ2v) is 10.1. The van der Waals surface area contributed by atoms with E-state index in [1.807, 2.05) is 0 Å². The molecular formula is C20H22F3N3O4S2. The lowest BCUT2D eigenvalue weighted by atomic mass is 10.2. The number of hydrogen-bond acceptors (Lipinski definition) is 6. The highest BCUT2D eigenvalue weighted by Gasteiger charge is 2.30. The van der Waals surface area contributed by atoms with E-state index in [-0.39, 0.29) is 16.3 Å². The zero-order chi connectivity index (χ0) is 23.4. The smallest absolute Gasteiger partial charge is 0.422 e. The first kappa shape index (κ1) is 24.2. The Balaban J connectivity index is 1.86. The highest BCUT2D eigenvalue weighted by Crippen LogP contribution is 2.31. The van der Waals surface area contributed by atoms with Crippen LogP contribution in [0.5, 0.6) is 5.75 Å². The lowest BCUT2D eigenvalue weighted by Crippen LogP contribution is -2.35. The van der Waals surface area contributed by atoms with Crippen LogP contribution >= 0.6 is 11.3 Å². The van der Waals surface area contributed by atoms with Crippen molar-refractivity contribution in [2.24, 2.45) is 0 Å². The Morgan fingerprint density at radius 2 is 2.00 bits per heavy atom. The first-order chi connectivity index (χ1) is 15.0. The molecule has 1 N–H and O–H groups in total. The number of nitrogens with zero attached hydrogens (tertiary/aromatic N) is 2. The number of anilines is 1. The van der Waals surface area contributed by atoms with Gasteiger partial charge in [-0.05, 0) is 44.0 Å². The number of halogens is 3. The van der Waals surface area contributed by atoms with Crippen molar-refractivity contribution in [2.75, 3.05) is 25.0 Å². The molecule has 2 heterocycles. The molecule has 1 aromatic heterocycles. The molecule has 3 rings (SSSR count). The molecule has 7 nitrogen and oxygen atoms in total. The second-order valence-electron chi connectivity index (χ2n) is 7.14. The van der Waals surface area contributed by atoms with Crippen molar-refractivity contribution in [2.45, 2.75) is 37.3 Å². The van der Waals surface area contributed by atoms with E-state index in [2.05, 4.69) is 10.3 Å². The van der Waals surface area contributed by atoms with Crippen LogP contribution in [-0.2, 0) is 14.8 Å². The van der Waals surface area contributed by atoms with Crippen molar-refractivity contribution in [1.82, 2.24) is 9.29 Å². The van der Waals surface area contributed by atoms with Crippen LogP contribution < -0.4 is 10.1 Å². The quantitative estimate of drug-likeness (QED) is 0.589. The number of sulfonamides is 1. The largest absolute Gasteiger partial charge is 0.482 e. The van der Waals surface area contributed by atoms with Crippen LogP contribution in [0.2, 0.25) is 0 Å². The lowest BCUT2D eigenvalue weighted by molar-refractivity contribution is -0.153. The van der Waals surface area contributed by atoms with Crippen molar-refractivity contribution in [1.29, 1.82) is 0 Å². The van der Waals surface area contributed by atoms with Gasteiger partial charge < -0.3 is 10.1 Å². The summed E-state index contributed by atoms with van der Waals surface area (Å²) in [4.78, 5) is 16.4. The Morgan fingerprint density at radius 3 is 2.62 bits per heavy atom. The summed E-state index contributed by atoms with van der Waals surface area (Å²) in [6, 6.07) is 3.42. The van der Waals surface area contributed by atoms with Gasteiger partial charge in [-0.3, -0.25) is 4.79 Å². The molecule has 0 radical (unpaired) electrons. The summed E-state index contributed by atoms with van der Waals surface area (Å²) >= 11 is 1.40. The summed E-state index contributed by atoms with van der Waals surface area (Å²) in [6.45, 7) is 0.959. The molecule has 174 valence electrons. The average molecular weight is 490 g/mol. The maximum Gasteiger partial charge on any atom is 0.422 e. The number of nitrogens with one attached hydrogen (secondary N) is 1. The molecule has 0 atom stereocenters. The van der Waals surface area contributed by atoms with Gasteiger partial charge in [0.25, 0.3) is 0 Å². The van der Waals surface area contributed by atoms with E-state index in [9.17, 15) is 26.4 Å². The van der Waals surface area contributed by atoms with Crippen molar-refractivity contribution in [3.8, 4) is 5.75 Å². The molecule has 1 aliphatic heterocycles. The predicted molar refractivity (Wildman–Crippen MR) is 115 cm³/mol. The van der Waals surface area contributed by atoms with E-state index in [1.54, 1.807) is 12.3 Å². The minimum Gasteiger partial charge on any atom is -0.482 e. The number of benzene rings is 1. The zero-order valence-electron chi connectivity index (χ0n) is 17.2. The van der Waals surface area contributed by atoms with Gasteiger partial charge in [-0.25, -0.2) is 13.4 Å². The standard InChI is InChI=1S/C20H22F3N3O4S2/c1-14-24-15(12-31-14)5-8-19(27)25-17-11-16(6-7-18(17)30-13-20(21,22)23)32(28,29)26-9-3-2-4-10-26/h5-8,11-12H,2-4,9-10,13H2,1H3,(H,25,27)/b8-5+. The maximum atomic E-state index is 12.9. The third-order valence-electron chi connectivity index (χ3n) is 4.60. The molecule has 12 heteroatoms. The summed E-state index contributed by atoms with van der Waals surface area (Å²) in [6.07, 6.45) is 0.412. The Bertz CT molecular complexity index is 1090. The number of piperidine rings is 1. The number of aromatic nitrogens is 1. The number of ether oxygens (including phenoxy) is 1. The second kappa shape index (κ2) is 10.0. The number of aryl methyl sites for hydroxylation is 1. The van der Waals surface area contributed by atoms with Gasteiger partial charge in [0, 0.05) is 24.5 Å². The van der Waals surface area contributed by atoms with Crippen LogP contribution in [0.25, 0.3) is 6.08 Å². The van der Waals surface area contributed by atoms with E-state index >= 15 is 0 Å². The fraction of sp³-hybridized carbons (Fsp3) is 0.400. The molecule has 2 aromatic rings. The normalized spacial score (nSPS) is 15.8. The number of alkyl halides is 3. The molecule has 0 saturated carbocycles. The van der Waals surface area contributed by atoms with Gasteiger partial charge in [-0.15, -0.1) is 11.3 Å². The summed E-state index contributed by atoms with van der Waals surface area (Å²) in [5.41, 5.74) is 0.383. The monoisotopic (exact) mass is 489 g/mol. The molecular weight excluding hydrogens is 467 g/mol.